The molecule has 3 saturated heterocycles. The first kappa shape index (κ1) is 11.0. The molecule has 4 aliphatic heterocycles. The highest BCUT2D eigenvalue weighted by atomic mass is 16.2. The smallest absolute Gasteiger partial charge is 0.246 e. The van der Waals surface area contributed by atoms with Gasteiger partial charge in [-0.1, -0.05) is 6.08 Å². The van der Waals surface area contributed by atoms with Gasteiger partial charge in [0.25, 0.3) is 0 Å². The fraction of sp³-hybridized carbons (Fsp3) is 0.800. The molecule has 4 aliphatic rings. The Morgan fingerprint density at radius 2 is 2.00 bits per heavy atom. The number of carbonyl (C=O) groups is 1. The average Bonchev–Trinajstić information content (AvgIpc) is 2.41. The monoisotopic (exact) mass is 246 g/mol. The summed E-state index contributed by atoms with van der Waals surface area (Å²) in [7, 11) is 0. The molecule has 18 heavy (non-hydrogen) atoms. The van der Waals surface area contributed by atoms with Gasteiger partial charge in [0.2, 0.25) is 5.91 Å². The van der Waals surface area contributed by atoms with Gasteiger partial charge in [-0.25, -0.2) is 0 Å². The lowest BCUT2D eigenvalue weighted by molar-refractivity contribution is -0.141. The number of piperidine rings is 3. The first-order valence-corrected chi connectivity index (χ1v) is 7.56. The van der Waals surface area contributed by atoms with E-state index in [1.54, 1.807) is 6.08 Å². The first-order chi connectivity index (χ1) is 8.84. The van der Waals surface area contributed by atoms with Gasteiger partial charge in [0.15, 0.2) is 0 Å². The largest absolute Gasteiger partial charge is 0.335 e. The molecule has 0 aromatic rings. The minimum Gasteiger partial charge on any atom is -0.335 e. The highest BCUT2D eigenvalue weighted by Gasteiger charge is 2.49. The summed E-state index contributed by atoms with van der Waals surface area (Å²) in [6.45, 7) is 3.62. The van der Waals surface area contributed by atoms with Gasteiger partial charge in [-0.15, -0.1) is 0 Å². The van der Waals surface area contributed by atoms with Crippen molar-refractivity contribution in [2.45, 2.75) is 44.2 Å². The fourth-order valence-corrected chi connectivity index (χ4v) is 4.95. The number of fused-ring (bicyclic) bond motifs is 2. The van der Waals surface area contributed by atoms with Gasteiger partial charge < -0.3 is 4.90 Å². The molecule has 0 spiro atoms. The van der Waals surface area contributed by atoms with Crippen molar-refractivity contribution >= 4 is 5.91 Å². The van der Waals surface area contributed by atoms with Crippen LogP contribution in [-0.2, 0) is 4.79 Å². The Morgan fingerprint density at radius 3 is 2.89 bits per heavy atom. The van der Waals surface area contributed by atoms with Gasteiger partial charge in [-0.3, -0.25) is 9.69 Å². The summed E-state index contributed by atoms with van der Waals surface area (Å²) < 4.78 is 0. The molecule has 0 aliphatic carbocycles. The molecule has 0 bridgehead atoms. The molecule has 0 N–H and O–H groups in total. The van der Waals surface area contributed by atoms with Crippen LogP contribution in [0.25, 0.3) is 0 Å². The number of hydrogen-bond donors (Lipinski definition) is 0. The van der Waals surface area contributed by atoms with Gasteiger partial charge in [-0.05, 0) is 63.1 Å². The maximum absolute atomic E-state index is 12.1. The summed E-state index contributed by atoms with van der Waals surface area (Å²) in [6, 6.07) is 1.29. The third-order valence-electron chi connectivity index (χ3n) is 5.59. The molecule has 0 aromatic carbocycles. The van der Waals surface area contributed by atoms with Crippen LogP contribution in [0.15, 0.2) is 12.2 Å². The molecule has 4 heterocycles. The standard InChI is InChI=1S/C15H22N2O/c18-14-7-1-6-13-12-5-3-9-16-8-2-4-11(15(12)16)10-17(13)14/h1,7,11-13,15H,2-6,8-10H2/t11?,12-,13-,15+/m1/s1. The summed E-state index contributed by atoms with van der Waals surface area (Å²) in [5.74, 6) is 1.76. The quantitative estimate of drug-likeness (QED) is 0.649. The Kier molecular flexibility index (Phi) is 2.51. The molecule has 0 radical (unpaired) electrons. The summed E-state index contributed by atoms with van der Waals surface area (Å²) in [5.41, 5.74) is 0. The normalized spacial score (nSPS) is 43.6. The zero-order valence-corrected chi connectivity index (χ0v) is 10.9. The highest BCUT2D eigenvalue weighted by molar-refractivity contribution is 5.88. The molecular formula is C15H22N2O. The van der Waals surface area contributed by atoms with E-state index in [-0.39, 0.29) is 5.91 Å². The predicted molar refractivity (Wildman–Crippen MR) is 70.1 cm³/mol. The molecule has 4 atom stereocenters. The van der Waals surface area contributed by atoms with E-state index in [1.807, 2.05) is 0 Å². The van der Waals surface area contributed by atoms with E-state index in [4.69, 9.17) is 0 Å². The van der Waals surface area contributed by atoms with Crippen molar-refractivity contribution in [2.75, 3.05) is 19.6 Å². The average molecular weight is 246 g/mol. The summed E-state index contributed by atoms with van der Waals surface area (Å²) >= 11 is 0. The molecule has 3 heteroatoms. The third-order valence-corrected chi connectivity index (χ3v) is 5.59. The number of nitrogens with zero attached hydrogens (tertiary/aromatic N) is 2. The maximum atomic E-state index is 12.1. The van der Waals surface area contributed by atoms with Crippen LogP contribution in [0.3, 0.4) is 0 Å². The van der Waals surface area contributed by atoms with Crippen LogP contribution < -0.4 is 0 Å². The van der Waals surface area contributed by atoms with Crippen molar-refractivity contribution in [1.29, 1.82) is 0 Å². The van der Waals surface area contributed by atoms with Crippen LogP contribution in [0.5, 0.6) is 0 Å². The minimum absolute atomic E-state index is 0.271. The maximum Gasteiger partial charge on any atom is 0.246 e. The van der Waals surface area contributed by atoms with Gasteiger partial charge in [0.1, 0.15) is 0 Å². The van der Waals surface area contributed by atoms with E-state index in [0.717, 1.165) is 30.8 Å². The Bertz CT molecular complexity index is 390. The van der Waals surface area contributed by atoms with Crippen molar-refractivity contribution in [3.8, 4) is 0 Å². The molecule has 98 valence electrons. The van der Waals surface area contributed by atoms with Crippen LogP contribution >= 0.6 is 0 Å². The van der Waals surface area contributed by atoms with Gasteiger partial charge in [-0.2, -0.15) is 0 Å². The number of hydrogen-bond acceptors (Lipinski definition) is 2. The predicted octanol–water partition coefficient (Wildman–Crippen LogP) is 1.65. The van der Waals surface area contributed by atoms with Crippen molar-refractivity contribution in [3.05, 3.63) is 12.2 Å². The van der Waals surface area contributed by atoms with Crippen LogP contribution in [-0.4, -0.2) is 47.4 Å². The zero-order valence-electron chi connectivity index (χ0n) is 10.9. The molecule has 1 unspecified atom stereocenters. The van der Waals surface area contributed by atoms with E-state index >= 15 is 0 Å². The summed E-state index contributed by atoms with van der Waals surface area (Å²) in [6.07, 6.45) is 10.3. The molecule has 3 fully saturated rings. The topological polar surface area (TPSA) is 23.6 Å². The van der Waals surface area contributed by atoms with Crippen molar-refractivity contribution in [3.63, 3.8) is 0 Å². The van der Waals surface area contributed by atoms with E-state index < -0.39 is 0 Å². The SMILES string of the molecule is O=C1C=CC[C@@H]2[C@H]3CCCN4CCCC(CN12)[C@@H]34. The lowest BCUT2D eigenvalue weighted by atomic mass is 9.68. The van der Waals surface area contributed by atoms with E-state index in [9.17, 15) is 4.79 Å². The fourth-order valence-electron chi connectivity index (χ4n) is 4.95. The highest BCUT2D eigenvalue weighted by Crippen LogP contribution is 2.43. The number of rotatable bonds is 0. The summed E-state index contributed by atoms with van der Waals surface area (Å²) in [5, 5.41) is 0. The Morgan fingerprint density at radius 1 is 1.17 bits per heavy atom. The molecule has 0 saturated carbocycles. The lowest BCUT2D eigenvalue weighted by Gasteiger charge is -2.57. The minimum atomic E-state index is 0.271. The van der Waals surface area contributed by atoms with Crippen LogP contribution in [0.2, 0.25) is 0 Å². The van der Waals surface area contributed by atoms with E-state index in [1.165, 1.54) is 38.8 Å². The second kappa shape index (κ2) is 4.09. The molecular weight excluding hydrogens is 224 g/mol. The Balaban J connectivity index is 1.68. The van der Waals surface area contributed by atoms with Crippen molar-refractivity contribution in [2.24, 2.45) is 11.8 Å². The zero-order chi connectivity index (χ0) is 12.1. The number of amides is 1. The molecule has 4 rings (SSSR count). The Labute approximate surface area is 109 Å². The second-order valence-corrected chi connectivity index (χ2v) is 6.43. The molecule has 0 aromatic heterocycles. The summed E-state index contributed by atoms with van der Waals surface area (Å²) in [4.78, 5) is 17.0. The van der Waals surface area contributed by atoms with Crippen molar-refractivity contribution < 1.29 is 4.79 Å². The van der Waals surface area contributed by atoms with Gasteiger partial charge in [0.05, 0.1) is 0 Å². The van der Waals surface area contributed by atoms with Gasteiger partial charge in [0, 0.05) is 18.6 Å². The van der Waals surface area contributed by atoms with Crippen molar-refractivity contribution in [1.82, 2.24) is 9.80 Å². The first-order valence-electron chi connectivity index (χ1n) is 7.56. The van der Waals surface area contributed by atoms with Crippen LogP contribution in [0.1, 0.15) is 32.1 Å². The molecule has 1 amide bonds. The lowest BCUT2D eigenvalue weighted by Crippen LogP contribution is -2.65. The number of carbonyl (C=O) groups excluding carboxylic acids is 1. The van der Waals surface area contributed by atoms with E-state index in [0.29, 0.717) is 6.04 Å². The second-order valence-electron chi connectivity index (χ2n) is 6.43. The van der Waals surface area contributed by atoms with Crippen LogP contribution in [0, 0.1) is 11.8 Å². The Hall–Kier alpha value is -0.830. The van der Waals surface area contributed by atoms with E-state index in [2.05, 4.69) is 15.9 Å². The van der Waals surface area contributed by atoms with Crippen LogP contribution in [0.4, 0.5) is 0 Å². The molecule has 3 nitrogen and oxygen atoms in total. The van der Waals surface area contributed by atoms with Gasteiger partial charge >= 0.3 is 0 Å². The third kappa shape index (κ3) is 1.49.